The zero-order chi connectivity index (χ0) is 12.3. The Kier molecular flexibility index (Phi) is 13.7. The van der Waals surface area contributed by atoms with Crippen molar-refractivity contribution in [2.75, 3.05) is 0 Å². The predicted molar refractivity (Wildman–Crippen MR) is 35.8 cm³/mol. The van der Waals surface area contributed by atoms with Gasteiger partial charge in [-0.15, -0.1) is 0 Å². The third-order valence-corrected chi connectivity index (χ3v) is 0.366. The van der Waals surface area contributed by atoms with Crippen LogP contribution in [0.5, 0.6) is 0 Å². The van der Waals surface area contributed by atoms with Crippen LogP contribution in [-0.4, -0.2) is 54.8 Å². The maximum absolute atomic E-state index is 9.10. The van der Waals surface area contributed by atoms with Gasteiger partial charge in [0.15, 0.2) is 0 Å². The van der Waals surface area contributed by atoms with Crippen molar-refractivity contribution in [2.45, 2.75) is 0 Å². The summed E-state index contributed by atoms with van der Waals surface area (Å²) in [6, 6.07) is 0. The van der Waals surface area contributed by atoms with E-state index < -0.39 is 23.9 Å². The Balaban J connectivity index is -0.000000147. The minimum atomic E-state index is -1.82. The highest BCUT2D eigenvalue weighted by Crippen LogP contribution is 1.56. The van der Waals surface area contributed by atoms with E-state index in [-0.39, 0.29) is 0 Å². The van der Waals surface area contributed by atoms with Gasteiger partial charge in [0.2, 0.25) is 0 Å². The van der Waals surface area contributed by atoms with Gasteiger partial charge < -0.3 is 20.4 Å². The van der Waals surface area contributed by atoms with Crippen LogP contribution in [0.1, 0.15) is 0 Å². The van der Waals surface area contributed by atoms with Crippen LogP contribution in [0.3, 0.4) is 0 Å². The molecular formula is C4H6O10. The van der Waals surface area contributed by atoms with Crippen LogP contribution in [0.25, 0.3) is 0 Å². The molecule has 0 heterocycles. The van der Waals surface area contributed by atoms with E-state index in [0.29, 0.717) is 0 Å². The molecule has 0 fully saturated rings. The van der Waals surface area contributed by atoms with E-state index >= 15 is 0 Å². The zero-order valence-electron chi connectivity index (χ0n) is 6.32. The topological polar surface area (TPSA) is 190 Å². The quantitative estimate of drug-likeness (QED) is 0.154. The Morgan fingerprint density at radius 3 is 0.571 bits per heavy atom. The maximum Gasteiger partial charge on any atom is 0.414 e. The van der Waals surface area contributed by atoms with Crippen LogP contribution in [0.2, 0.25) is 0 Å². The standard InChI is InChI=1S/2C2H2O4.H2O2/c2*3-1(4)2(5)6;1-2/h2*(H,3,4)(H,5,6);1-2H. The second-order valence-corrected chi connectivity index (χ2v) is 1.22. The summed E-state index contributed by atoms with van der Waals surface area (Å²) >= 11 is 0. The first-order valence-corrected chi connectivity index (χ1v) is 2.41. The zero-order valence-corrected chi connectivity index (χ0v) is 6.32. The molecule has 0 saturated heterocycles. The minimum Gasteiger partial charge on any atom is -0.473 e. The molecule has 0 aromatic carbocycles. The normalized spacial score (nSPS) is 6.71. The van der Waals surface area contributed by atoms with Crippen molar-refractivity contribution in [1.82, 2.24) is 0 Å². The molecule has 0 rings (SSSR count). The molecule has 0 unspecified atom stereocenters. The first-order valence-electron chi connectivity index (χ1n) is 2.41. The first kappa shape index (κ1) is 17.8. The maximum atomic E-state index is 9.10. The molecule has 0 atom stereocenters. The fraction of sp³-hybridized carbons (Fsp3) is 0. The summed E-state index contributed by atoms with van der Waals surface area (Å²) in [5, 5.41) is 41.6. The van der Waals surface area contributed by atoms with Crippen molar-refractivity contribution in [3.8, 4) is 0 Å². The van der Waals surface area contributed by atoms with Gasteiger partial charge in [-0.3, -0.25) is 10.5 Å². The Morgan fingerprint density at radius 2 is 0.571 bits per heavy atom. The molecule has 0 saturated carbocycles. The summed E-state index contributed by atoms with van der Waals surface area (Å²) in [4.78, 5) is 36.4. The highest BCUT2D eigenvalue weighted by molar-refractivity contribution is 6.27. The monoisotopic (exact) mass is 214 g/mol. The first-order chi connectivity index (χ1) is 6.29. The van der Waals surface area contributed by atoms with Crippen LogP contribution in [0, 0.1) is 0 Å². The number of carboxylic acids is 4. The average Bonchev–Trinajstić information content (AvgIpc) is 2.08. The second kappa shape index (κ2) is 10.8. The van der Waals surface area contributed by atoms with Crippen molar-refractivity contribution in [2.24, 2.45) is 0 Å². The van der Waals surface area contributed by atoms with E-state index in [0.717, 1.165) is 0 Å². The predicted octanol–water partition coefficient (Wildman–Crippen LogP) is -1.67. The molecule has 0 spiro atoms. The molecule has 0 aromatic heterocycles. The van der Waals surface area contributed by atoms with Gasteiger partial charge in [-0.2, -0.15) is 0 Å². The van der Waals surface area contributed by atoms with Crippen molar-refractivity contribution in [3.05, 3.63) is 0 Å². The molecule has 0 amide bonds. The molecule has 82 valence electrons. The van der Waals surface area contributed by atoms with Crippen LogP contribution < -0.4 is 0 Å². The van der Waals surface area contributed by atoms with Crippen molar-refractivity contribution in [3.63, 3.8) is 0 Å². The highest BCUT2D eigenvalue weighted by Gasteiger charge is 2.04. The van der Waals surface area contributed by atoms with E-state index in [9.17, 15) is 0 Å². The second-order valence-electron chi connectivity index (χ2n) is 1.22. The molecule has 0 aliphatic rings. The Bertz CT molecular complexity index is 168. The van der Waals surface area contributed by atoms with E-state index in [1.54, 1.807) is 0 Å². The summed E-state index contributed by atoms with van der Waals surface area (Å²) in [5.74, 6) is -7.30. The molecule has 0 aliphatic heterocycles. The molecule has 10 nitrogen and oxygen atoms in total. The van der Waals surface area contributed by atoms with Gasteiger partial charge in [0.1, 0.15) is 0 Å². The summed E-state index contributed by atoms with van der Waals surface area (Å²) in [5.41, 5.74) is 0. The van der Waals surface area contributed by atoms with Crippen LogP contribution in [-0.2, 0) is 19.2 Å². The molecule has 14 heavy (non-hydrogen) atoms. The van der Waals surface area contributed by atoms with E-state index in [2.05, 4.69) is 0 Å². The fourth-order valence-corrected chi connectivity index (χ4v) is 0. The number of rotatable bonds is 0. The summed E-state index contributed by atoms with van der Waals surface area (Å²) in [6.07, 6.45) is 0. The fourth-order valence-electron chi connectivity index (χ4n) is 0. The summed E-state index contributed by atoms with van der Waals surface area (Å²) < 4.78 is 0. The Morgan fingerprint density at radius 1 is 0.500 bits per heavy atom. The molecule has 0 aliphatic carbocycles. The average molecular weight is 214 g/mol. The van der Waals surface area contributed by atoms with Crippen LogP contribution in [0.15, 0.2) is 0 Å². The van der Waals surface area contributed by atoms with Gasteiger partial charge in [-0.25, -0.2) is 19.2 Å². The molecule has 0 bridgehead atoms. The van der Waals surface area contributed by atoms with Crippen molar-refractivity contribution >= 4 is 23.9 Å². The molecular weight excluding hydrogens is 208 g/mol. The third kappa shape index (κ3) is 22.6. The van der Waals surface area contributed by atoms with Crippen LogP contribution in [0.4, 0.5) is 0 Å². The van der Waals surface area contributed by atoms with Gasteiger partial charge in [0, 0.05) is 0 Å². The smallest absolute Gasteiger partial charge is 0.414 e. The molecule has 0 aromatic rings. The number of carbonyl (C=O) groups is 4. The molecule has 6 N–H and O–H groups in total. The lowest BCUT2D eigenvalue weighted by molar-refractivity contribution is -0.176. The van der Waals surface area contributed by atoms with E-state index in [4.69, 9.17) is 50.1 Å². The van der Waals surface area contributed by atoms with Gasteiger partial charge in [-0.05, 0) is 0 Å². The lowest BCUT2D eigenvalue weighted by Gasteiger charge is -1.72. The molecule has 10 heteroatoms. The molecule has 0 radical (unpaired) electrons. The Labute approximate surface area is 75.2 Å². The number of carboxylic acid groups (broad SMARTS) is 4. The van der Waals surface area contributed by atoms with Gasteiger partial charge in [0.05, 0.1) is 0 Å². The lowest BCUT2D eigenvalue weighted by atomic mass is 10.7. The van der Waals surface area contributed by atoms with E-state index in [1.165, 1.54) is 0 Å². The largest absolute Gasteiger partial charge is 0.473 e. The SMILES string of the molecule is O=C(O)C(=O)O.O=C(O)C(=O)O.OO. The van der Waals surface area contributed by atoms with Crippen molar-refractivity contribution < 1.29 is 50.1 Å². The van der Waals surface area contributed by atoms with E-state index in [1.807, 2.05) is 0 Å². The summed E-state index contributed by atoms with van der Waals surface area (Å²) in [6.45, 7) is 0. The highest BCUT2D eigenvalue weighted by atomic mass is 17.0. The third-order valence-electron chi connectivity index (χ3n) is 0.366. The van der Waals surface area contributed by atoms with Crippen molar-refractivity contribution in [1.29, 1.82) is 0 Å². The Hall–Kier alpha value is -2.20. The van der Waals surface area contributed by atoms with Gasteiger partial charge in [-0.1, -0.05) is 0 Å². The number of hydrogen-bond donors (Lipinski definition) is 6. The van der Waals surface area contributed by atoms with Crippen LogP contribution >= 0.6 is 0 Å². The minimum absolute atomic E-state index is 1.82. The number of hydrogen-bond acceptors (Lipinski definition) is 6. The van der Waals surface area contributed by atoms with Gasteiger partial charge >= 0.3 is 23.9 Å². The lowest BCUT2D eigenvalue weighted by Crippen LogP contribution is -2.09. The van der Waals surface area contributed by atoms with Gasteiger partial charge in [0.25, 0.3) is 0 Å². The summed E-state index contributed by atoms with van der Waals surface area (Å²) in [7, 11) is 0. The number of aliphatic carboxylic acids is 4.